The number of amides is 2. The van der Waals surface area contributed by atoms with Crippen LogP contribution in [-0.2, 0) is 27.3 Å². The summed E-state index contributed by atoms with van der Waals surface area (Å²) in [5.41, 5.74) is 1.76. The summed E-state index contributed by atoms with van der Waals surface area (Å²) in [4.78, 5) is 38.7. The smallest absolute Gasteiger partial charge is 0.326 e. The normalized spacial score (nSPS) is 17.0. The van der Waals surface area contributed by atoms with Crippen LogP contribution in [0, 0.1) is 0 Å². The molecule has 3 aromatic rings. The van der Waals surface area contributed by atoms with Gasteiger partial charge in [0, 0.05) is 19.4 Å². The van der Waals surface area contributed by atoms with Gasteiger partial charge in [0.1, 0.15) is 12.1 Å². The van der Waals surface area contributed by atoms with E-state index in [1.165, 1.54) is 0 Å². The first-order chi connectivity index (χ1) is 15.0. The van der Waals surface area contributed by atoms with E-state index in [0.717, 1.165) is 21.9 Å². The van der Waals surface area contributed by atoms with Crippen molar-refractivity contribution in [3.8, 4) is 0 Å². The zero-order valence-corrected chi connectivity index (χ0v) is 17.0. The van der Waals surface area contributed by atoms with Gasteiger partial charge in [-0.2, -0.15) is 0 Å². The summed E-state index contributed by atoms with van der Waals surface area (Å²) in [5, 5.41) is 14.4. The molecule has 0 radical (unpaired) electrons. The van der Waals surface area contributed by atoms with Crippen molar-refractivity contribution in [1.82, 2.24) is 10.2 Å². The van der Waals surface area contributed by atoms with E-state index in [1.807, 2.05) is 72.8 Å². The summed E-state index contributed by atoms with van der Waals surface area (Å²) in [7, 11) is 0. The summed E-state index contributed by atoms with van der Waals surface area (Å²) in [6, 6.07) is 21.4. The Hall–Kier alpha value is -3.67. The minimum Gasteiger partial charge on any atom is -0.480 e. The summed E-state index contributed by atoms with van der Waals surface area (Å²) in [5.74, 6) is -1.61. The largest absolute Gasteiger partial charge is 0.480 e. The molecule has 0 bridgehead atoms. The van der Waals surface area contributed by atoms with Gasteiger partial charge in [0.2, 0.25) is 11.8 Å². The van der Waals surface area contributed by atoms with E-state index in [9.17, 15) is 19.5 Å². The Balaban J connectivity index is 1.47. The van der Waals surface area contributed by atoms with Crippen molar-refractivity contribution in [2.24, 2.45) is 0 Å². The average molecular weight is 416 g/mol. The molecule has 6 heteroatoms. The third-order valence-electron chi connectivity index (χ3n) is 5.69. The second kappa shape index (κ2) is 9.00. The van der Waals surface area contributed by atoms with Crippen LogP contribution in [0.2, 0.25) is 0 Å². The molecule has 1 aliphatic rings. The fourth-order valence-electron chi connectivity index (χ4n) is 4.05. The molecule has 0 saturated carbocycles. The molecule has 1 heterocycles. The van der Waals surface area contributed by atoms with E-state index in [0.29, 0.717) is 13.0 Å². The van der Waals surface area contributed by atoms with Crippen LogP contribution in [0.3, 0.4) is 0 Å². The standard InChI is InChI=1S/C25H24N2O4/c28-23-13-12-22(27(23)16-17-6-2-1-3-7-17)24(29)26-21(25(30)31)15-18-10-11-19-8-4-5-9-20(19)14-18/h1-11,14,21-22H,12-13,15-16H2,(H,26,29)(H,30,31)/t21-,22-/m0/s1. The number of carboxylic acid groups (broad SMARTS) is 1. The van der Waals surface area contributed by atoms with Crippen LogP contribution in [0.5, 0.6) is 0 Å². The molecule has 6 nitrogen and oxygen atoms in total. The number of hydrogen-bond donors (Lipinski definition) is 2. The molecule has 1 aliphatic heterocycles. The Morgan fingerprint density at radius 2 is 1.68 bits per heavy atom. The Morgan fingerprint density at radius 1 is 0.968 bits per heavy atom. The van der Waals surface area contributed by atoms with E-state index in [4.69, 9.17) is 0 Å². The second-order valence-corrected chi connectivity index (χ2v) is 7.85. The van der Waals surface area contributed by atoms with Crippen molar-refractivity contribution >= 4 is 28.6 Å². The summed E-state index contributed by atoms with van der Waals surface area (Å²) in [6.07, 6.45) is 0.846. The van der Waals surface area contributed by atoms with Gasteiger partial charge in [-0.25, -0.2) is 4.79 Å². The lowest BCUT2D eigenvalue weighted by molar-refractivity contribution is -0.143. The maximum atomic E-state index is 12.9. The van der Waals surface area contributed by atoms with E-state index >= 15 is 0 Å². The first kappa shape index (κ1) is 20.6. The molecule has 0 aromatic heterocycles. The number of carbonyl (C=O) groups is 3. The zero-order chi connectivity index (χ0) is 21.8. The minimum absolute atomic E-state index is 0.0922. The highest BCUT2D eigenvalue weighted by molar-refractivity contribution is 5.93. The molecule has 0 aliphatic carbocycles. The zero-order valence-electron chi connectivity index (χ0n) is 17.0. The Labute approximate surface area is 180 Å². The monoisotopic (exact) mass is 416 g/mol. The lowest BCUT2D eigenvalue weighted by atomic mass is 10.0. The number of likely N-dealkylation sites (tertiary alicyclic amines) is 1. The fraction of sp³-hybridized carbons (Fsp3) is 0.240. The van der Waals surface area contributed by atoms with Crippen LogP contribution in [0.4, 0.5) is 0 Å². The predicted molar refractivity (Wildman–Crippen MR) is 117 cm³/mol. The Morgan fingerprint density at radius 3 is 2.42 bits per heavy atom. The number of nitrogens with one attached hydrogen (secondary N) is 1. The highest BCUT2D eigenvalue weighted by Gasteiger charge is 2.37. The minimum atomic E-state index is -1.10. The number of carbonyl (C=O) groups excluding carboxylic acids is 2. The van der Waals surface area contributed by atoms with Crippen LogP contribution in [0.25, 0.3) is 10.8 Å². The first-order valence-corrected chi connectivity index (χ1v) is 10.4. The van der Waals surface area contributed by atoms with Gasteiger partial charge in [-0.1, -0.05) is 72.8 Å². The van der Waals surface area contributed by atoms with Crippen LogP contribution >= 0.6 is 0 Å². The van der Waals surface area contributed by atoms with Gasteiger partial charge in [0.15, 0.2) is 0 Å². The first-order valence-electron chi connectivity index (χ1n) is 10.4. The van der Waals surface area contributed by atoms with Gasteiger partial charge in [-0.15, -0.1) is 0 Å². The topological polar surface area (TPSA) is 86.7 Å². The maximum Gasteiger partial charge on any atom is 0.326 e. The highest BCUT2D eigenvalue weighted by Crippen LogP contribution is 2.22. The quantitative estimate of drug-likeness (QED) is 0.620. The van der Waals surface area contributed by atoms with Crippen molar-refractivity contribution in [2.75, 3.05) is 0 Å². The second-order valence-electron chi connectivity index (χ2n) is 7.85. The summed E-state index contributed by atoms with van der Waals surface area (Å²) < 4.78 is 0. The molecule has 3 aromatic carbocycles. The third-order valence-corrected chi connectivity index (χ3v) is 5.69. The van der Waals surface area contributed by atoms with E-state index < -0.39 is 24.0 Å². The van der Waals surface area contributed by atoms with Crippen molar-refractivity contribution in [1.29, 1.82) is 0 Å². The molecule has 0 spiro atoms. The molecular formula is C25H24N2O4. The number of nitrogens with zero attached hydrogens (tertiary/aromatic N) is 1. The van der Waals surface area contributed by atoms with Gasteiger partial charge in [0.25, 0.3) is 0 Å². The van der Waals surface area contributed by atoms with Gasteiger partial charge in [0.05, 0.1) is 0 Å². The molecule has 2 amide bonds. The summed E-state index contributed by atoms with van der Waals surface area (Å²) in [6.45, 7) is 0.334. The van der Waals surface area contributed by atoms with Gasteiger partial charge >= 0.3 is 5.97 Å². The number of aliphatic carboxylic acids is 1. The fourth-order valence-corrected chi connectivity index (χ4v) is 4.05. The molecular weight excluding hydrogens is 392 g/mol. The molecule has 1 saturated heterocycles. The number of fused-ring (bicyclic) bond motifs is 1. The third kappa shape index (κ3) is 4.74. The number of hydrogen-bond acceptors (Lipinski definition) is 3. The lowest BCUT2D eigenvalue weighted by Gasteiger charge is -2.26. The van der Waals surface area contributed by atoms with Crippen LogP contribution in [0.15, 0.2) is 72.8 Å². The van der Waals surface area contributed by atoms with Crippen molar-refractivity contribution in [3.63, 3.8) is 0 Å². The highest BCUT2D eigenvalue weighted by atomic mass is 16.4. The van der Waals surface area contributed by atoms with E-state index in [-0.39, 0.29) is 18.7 Å². The average Bonchev–Trinajstić information content (AvgIpc) is 3.14. The van der Waals surface area contributed by atoms with Crippen LogP contribution in [-0.4, -0.2) is 39.9 Å². The van der Waals surface area contributed by atoms with Crippen LogP contribution in [0.1, 0.15) is 24.0 Å². The van der Waals surface area contributed by atoms with Crippen molar-refractivity contribution in [3.05, 3.63) is 83.9 Å². The van der Waals surface area contributed by atoms with Gasteiger partial charge in [-0.3, -0.25) is 9.59 Å². The molecule has 2 N–H and O–H groups in total. The predicted octanol–water partition coefficient (Wildman–Crippen LogP) is 3.14. The van der Waals surface area contributed by atoms with Crippen molar-refractivity contribution in [2.45, 2.75) is 37.9 Å². The number of benzene rings is 3. The van der Waals surface area contributed by atoms with Gasteiger partial charge < -0.3 is 15.3 Å². The van der Waals surface area contributed by atoms with E-state index in [1.54, 1.807) is 4.90 Å². The van der Waals surface area contributed by atoms with Crippen LogP contribution < -0.4 is 5.32 Å². The SMILES string of the molecule is O=C(O)[C@H](Cc1ccc2ccccc2c1)NC(=O)[C@@H]1CCC(=O)N1Cc1ccccc1. The number of carboxylic acids is 1. The summed E-state index contributed by atoms with van der Waals surface area (Å²) >= 11 is 0. The Kier molecular flexibility index (Phi) is 5.98. The molecule has 158 valence electrons. The number of rotatable bonds is 7. The Bertz CT molecular complexity index is 1110. The molecule has 2 atom stereocenters. The molecule has 31 heavy (non-hydrogen) atoms. The van der Waals surface area contributed by atoms with Crippen molar-refractivity contribution < 1.29 is 19.5 Å². The lowest BCUT2D eigenvalue weighted by Crippen LogP contribution is -2.50. The molecule has 0 unspecified atom stereocenters. The molecule has 1 fully saturated rings. The maximum absolute atomic E-state index is 12.9. The molecule has 4 rings (SSSR count). The van der Waals surface area contributed by atoms with E-state index in [2.05, 4.69) is 5.32 Å². The van der Waals surface area contributed by atoms with Gasteiger partial charge in [-0.05, 0) is 28.3 Å².